The van der Waals surface area contributed by atoms with Gasteiger partial charge in [-0.15, -0.1) is 0 Å². The number of benzene rings is 1. The zero-order valence-corrected chi connectivity index (χ0v) is 8.51. The van der Waals surface area contributed by atoms with E-state index in [0.717, 1.165) is 11.3 Å². The molecule has 0 unspecified atom stereocenters. The lowest BCUT2D eigenvalue weighted by molar-refractivity contribution is -0.146. The van der Waals surface area contributed by atoms with Crippen LogP contribution in [0.4, 0.5) is 0 Å². The van der Waals surface area contributed by atoms with E-state index >= 15 is 0 Å². The van der Waals surface area contributed by atoms with Crippen LogP contribution in [0.3, 0.4) is 0 Å². The standard InChI is InChI=1S/C11H14O4/c1-2-15-9-5-3-8(4-6-9)7-10(12)11(13)14/h3-6,10,12H,2,7H2,1H3,(H,13,14)/t10-/m1/s1. The number of aliphatic hydroxyl groups excluding tert-OH is 1. The first-order valence-electron chi connectivity index (χ1n) is 4.76. The van der Waals surface area contributed by atoms with Gasteiger partial charge in [0, 0.05) is 6.42 Å². The van der Waals surface area contributed by atoms with Gasteiger partial charge in [-0.05, 0) is 24.6 Å². The molecule has 0 heterocycles. The van der Waals surface area contributed by atoms with E-state index in [9.17, 15) is 4.79 Å². The molecule has 1 rings (SSSR count). The number of carboxylic acids is 1. The van der Waals surface area contributed by atoms with Crippen molar-refractivity contribution in [3.63, 3.8) is 0 Å². The third kappa shape index (κ3) is 3.59. The van der Waals surface area contributed by atoms with Crippen LogP contribution in [0.1, 0.15) is 12.5 Å². The van der Waals surface area contributed by atoms with Gasteiger partial charge < -0.3 is 14.9 Å². The molecular weight excluding hydrogens is 196 g/mol. The van der Waals surface area contributed by atoms with Crippen molar-refractivity contribution < 1.29 is 19.7 Å². The molecule has 0 radical (unpaired) electrons. The van der Waals surface area contributed by atoms with Gasteiger partial charge in [0.1, 0.15) is 5.75 Å². The lowest BCUT2D eigenvalue weighted by Crippen LogP contribution is -2.21. The van der Waals surface area contributed by atoms with Crippen molar-refractivity contribution in [2.24, 2.45) is 0 Å². The summed E-state index contributed by atoms with van der Waals surface area (Å²) in [4.78, 5) is 10.4. The first kappa shape index (κ1) is 11.5. The number of hydrogen-bond donors (Lipinski definition) is 2. The quantitative estimate of drug-likeness (QED) is 0.763. The van der Waals surface area contributed by atoms with E-state index in [1.165, 1.54) is 0 Å². The molecule has 0 aromatic heterocycles. The van der Waals surface area contributed by atoms with Gasteiger partial charge in [0.2, 0.25) is 0 Å². The van der Waals surface area contributed by atoms with Crippen LogP contribution in [0.2, 0.25) is 0 Å². The maximum atomic E-state index is 10.4. The molecule has 4 nitrogen and oxygen atoms in total. The highest BCUT2D eigenvalue weighted by molar-refractivity contribution is 5.72. The predicted octanol–water partition coefficient (Wildman–Crippen LogP) is 1.07. The average molecular weight is 210 g/mol. The van der Waals surface area contributed by atoms with Crippen LogP contribution in [-0.2, 0) is 11.2 Å². The van der Waals surface area contributed by atoms with Gasteiger partial charge in [-0.2, -0.15) is 0 Å². The van der Waals surface area contributed by atoms with E-state index < -0.39 is 12.1 Å². The first-order valence-corrected chi connectivity index (χ1v) is 4.76. The van der Waals surface area contributed by atoms with E-state index in [-0.39, 0.29) is 6.42 Å². The van der Waals surface area contributed by atoms with Crippen LogP contribution >= 0.6 is 0 Å². The Morgan fingerprint density at radius 2 is 2.00 bits per heavy atom. The van der Waals surface area contributed by atoms with E-state index in [0.29, 0.717) is 6.61 Å². The monoisotopic (exact) mass is 210 g/mol. The van der Waals surface area contributed by atoms with E-state index in [1.54, 1.807) is 24.3 Å². The van der Waals surface area contributed by atoms with Crippen LogP contribution < -0.4 is 4.74 Å². The minimum atomic E-state index is -1.34. The van der Waals surface area contributed by atoms with E-state index in [4.69, 9.17) is 14.9 Å². The number of rotatable bonds is 5. The molecule has 1 aromatic rings. The van der Waals surface area contributed by atoms with Crippen LogP contribution in [0, 0.1) is 0 Å². The fraction of sp³-hybridized carbons (Fsp3) is 0.364. The van der Waals surface area contributed by atoms with Crippen molar-refractivity contribution in [2.45, 2.75) is 19.4 Å². The van der Waals surface area contributed by atoms with Crippen molar-refractivity contribution in [1.29, 1.82) is 0 Å². The molecular formula is C11H14O4. The second kappa shape index (κ2) is 5.36. The Hall–Kier alpha value is -1.55. The van der Waals surface area contributed by atoms with Crippen LogP contribution in [0.5, 0.6) is 5.75 Å². The summed E-state index contributed by atoms with van der Waals surface area (Å²) >= 11 is 0. The molecule has 0 spiro atoms. The Kier molecular flexibility index (Phi) is 4.12. The Balaban J connectivity index is 2.60. The highest BCUT2D eigenvalue weighted by Crippen LogP contribution is 2.13. The maximum absolute atomic E-state index is 10.4. The Labute approximate surface area is 88.1 Å². The fourth-order valence-corrected chi connectivity index (χ4v) is 1.20. The maximum Gasteiger partial charge on any atom is 0.332 e. The minimum absolute atomic E-state index is 0.113. The Morgan fingerprint density at radius 3 is 2.47 bits per heavy atom. The van der Waals surface area contributed by atoms with Crippen LogP contribution in [0.15, 0.2) is 24.3 Å². The third-order valence-electron chi connectivity index (χ3n) is 1.95. The molecule has 0 saturated carbocycles. The molecule has 1 aromatic carbocycles. The van der Waals surface area contributed by atoms with Crippen molar-refractivity contribution in [3.8, 4) is 5.75 Å². The number of aliphatic hydroxyl groups is 1. The second-order valence-corrected chi connectivity index (χ2v) is 3.14. The van der Waals surface area contributed by atoms with Crippen molar-refractivity contribution in [1.82, 2.24) is 0 Å². The van der Waals surface area contributed by atoms with Gasteiger partial charge in [0.15, 0.2) is 6.10 Å². The number of hydrogen-bond acceptors (Lipinski definition) is 3. The van der Waals surface area contributed by atoms with Crippen LogP contribution in [-0.4, -0.2) is 28.9 Å². The highest BCUT2D eigenvalue weighted by atomic mass is 16.5. The predicted molar refractivity (Wildman–Crippen MR) is 55.0 cm³/mol. The first-order chi connectivity index (χ1) is 7.13. The summed E-state index contributed by atoms with van der Waals surface area (Å²) < 4.78 is 5.23. The molecule has 0 aliphatic rings. The number of aliphatic carboxylic acids is 1. The van der Waals surface area contributed by atoms with Gasteiger partial charge in [0.05, 0.1) is 6.61 Å². The number of ether oxygens (including phenoxy) is 1. The van der Waals surface area contributed by atoms with E-state index in [1.807, 2.05) is 6.92 Å². The van der Waals surface area contributed by atoms with Crippen LogP contribution in [0.25, 0.3) is 0 Å². The molecule has 2 N–H and O–H groups in total. The van der Waals surface area contributed by atoms with Gasteiger partial charge in [0.25, 0.3) is 0 Å². The number of carboxylic acid groups (broad SMARTS) is 1. The zero-order valence-electron chi connectivity index (χ0n) is 8.51. The summed E-state index contributed by atoms with van der Waals surface area (Å²) in [6, 6.07) is 7.01. The molecule has 0 saturated heterocycles. The molecule has 0 aliphatic carbocycles. The van der Waals surface area contributed by atoms with Crippen molar-refractivity contribution in [3.05, 3.63) is 29.8 Å². The minimum Gasteiger partial charge on any atom is -0.494 e. The largest absolute Gasteiger partial charge is 0.494 e. The fourth-order valence-electron chi connectivity index (χ4n) is 1.20. The van der Waals surface area contributed by atoms with Gasteiger partial charge in [-0.3, -0.25) is 0 Å². The van der Waals surface area contributed by atoms with Crippen molar-refractivity contribution >= 4 is 5.97 Å². The van der Waals surface area contributed by atoms with Gasteiger partial charge in [-0.1, -0.05) is 12.1 Å². The molecule has 15 heavy (non-hydrogen) atoms. The summed E-state index contributed by atoms with van der Waals surface area (Å²) in [7, 11) is 0. The normalized spacial score (nSPS) is 12.1. The number of carbonyl (C=O) groups is 1. The summed E-state index contributed by atoms with van der Waals surface area (Å²) in [6.45, 7) is 2.49. The summed E-state index contributed by atoms with van der Waals surface area (Å²) in [5, 5.41) is 17.6. The lowest BCUT2D eigenvalue weighted by Gasteiger charge is -2.07. The Bertz CT molecular complexity index is 318. The average Bonchev–Trinajstić information content (AvgIpc) is 2.21. The zero-order chi connectivity index (χ0) is 11.3. The molecule has 0 bridgehead atoms. The molecule has 0 amide bonds. The second-order valence-electron chi connectivity index (χ2n) is 3.14. The highest BCUT2D eigenvalue weighted by Gasteiger charge is 2.13. The molecule has 0 fully saturated rings. The molecule has 1 atom stereocenters. The third-order valence-corrected chi connectivity index (χ3v) is 1.95. The molecule has 0 aliphatic heterocycles. The summed E-state index contributed by atoms with van der Waals surface area (Å²) in [5.74, 6) is -0.463. The van der Waals surface area contributed by atoms with Gasteiger partial charge in [-0.25, -0.2) is 4.79 Å². The van der Waals surface area contributed by atoms with E-state index in [2.05, 4.69) is 0 Å². The lowest BCUT2D eigenvalue weighted by atomic mass is 10.1. The Morgan fingerprint density at radius 1 is 1.40 bits per heavy atom. The smallest absolute Gasteiger partial charge is 0.332 e. The molecule has 82 valence electrons. The topological polar surface area (TPSA) is 66.8 Å². The summed E-state index contributed by atoms with van der Waals surface area (Å²) in [5.41, 5.74) is 0.772. The SMILES string of the molecule is CCOc1ccc(C[C@@H](O)C(=O)O)cc1. The summed E-state index contributed by atoms with van der Waals surface area (Å²) in [6.07, 6.45) is -1.23. The van der Waals surface area contributed by atoms with Gasteiger partial charge >= 0.3 is 5.97 Å². The molecule has 4 heteroatoms. The van der Waals surface area contributed by atoms with Crippen molar-refractivity contribution in [2.75, 3.05) is 6.61 Å².